The van der Waals surface area contributed by atoms with E-state index in [1.165, 1.54) is 6.39 Å². The molecule has 3 heteroatoms. The minimum atomic E-state index is 0.761. The van der Waals surface area contributed by atoms with Gasteiger partial charge in [0.25, 0.3) is 0 Å². The van der Waals surface area contributed by atoms with Crippen molar-refractivity contribution in [2.75, 3.05) is 0 Å². The molecule has 0 fully saturated rings. The highest BCUT2D eigenvalue weighted by molar-refractivity contribution is 5.47. The van der Waals surface area contributed by atoms with Gasteiger partial charge in [-0.3, -0.25) is 0 Å². The Balaban J connectivity index is 1.98. The molecular weight excluding hydrogens is 178 g/mol. The normalized spacial score (nSPS) is 11.2. The number of furan rings is 1. The third-order valence-electron chi connectivity index (χ3n) is 2.00. The molecule has 0 unspecified atom stereocenters. The van der Waals surface area contributed by atoms with Gasteiger partial charge in [0, 0.05) is 12.0 Å². The molecule has 2 rings (SSSR count). The summed E-state index contributed by atoms with van der Waals surface area (Å²) < 4.78 is 10.1. The predicted octanol–water partition coefficient (Wildman–Crippen LogP) is 2.83. The second-order valence-corrected chi connectivity index (χ2v) is 3.02. The lowest BCUT2D eigenvalue weighted by Crippen LogP contribution is -1.80. The SMILES string of the molecule is Cc1ncoc1CC=Cc1ccoc1. The zero-order valence-corrected chi connectivity index (χ0v) is 7.93. The summed E-state index contributed by atoms with van der Waals surface area (Å²) >= 11 is 0. The van der Waals surface area contributed by atoms with Crippen LogP contribution in [0.2, 0.25) is 0 Å². The molecule has 3 nitrogen and oxygen atoms in total. The van der Waals surface area contributed by atoms with Gasteiger partial charge in [0.15, 0.2) is 6.39 Å². The molecule has 2 aromatic rings. The Bertz CT molecular complexity index is 412. The number of nitrogens with zero attached hydrogens (tertiary/aromatic N) is 1. The van der Waals surface area contributed by atoms with Crippen molar-refractivity contribution in [1.82, 2.24) is 4.98 Å². The monoisotopic (exact) mass is 189 g/mol. The Morgan fingerprint density at radius 2 is 2.43 bits per heavy atom. The minimum absolute atomic E-state index is 0.761. The van der Waals surface area contributed by atoms with Crippen LogP contribution in [-0.4, -0.2) is 4.98 Å². The Labute approximate surface area is 82.1 Å². The molecule has 14 heavy (non-hydrogen) atoms. The molecule has 0 aliphatic rings. The molecule has 0 aliphatic carbocycles. The van der Waals surface area contributed by atoms with Gasteiger partial charge in [0.2, 0.25) is 0 Å². The van der Waals surface area contributed by atoms with Crippen LogP contribution in [0.4, 0.5) is 0 Å². The molecule has 0 aliphatic heterocycles. The van der Waals surface area contributed by atoms with Crippen LogP contribution in [0.25, 0.3) is 6.08 Å². The molecule has 0 atom stereocenters. The molecule has 0 saturated carbocycles. The molecule has 2 aromatic heterocycles. The van der Waals surface area contributed by atoms with Crippen molar-refractivity contribution < 1.29 is 8.83 Å². The molecule has 0 aromatic carbocycles. The number of aryl methyl sites for hydroxylation is 1. The molecular formula is C11H11NO2. The maximum Gasteiger partial charge on any atom is 0.181 e. The van der Waals surface area contributed by atoms with Crippen molar-refractivity contribution in [3.63, 3.8) is 0 Å². The van der Waals surface area contributed by atoms with E-state index in [0.717, 1.165) is 23.4 Å². The first-order valence-corrected chi connectivity index (χ1v) is 4.44. The lowest BCUT2D eigenvalue weighted by Gasteiger charge is -1.89. The zero-order chi connectivity index (χ0) is 9.80. The summed E-state index contributed by atoms with van der Waals surface area (Å²) in [5, 5.41) is 0. The number of allylic oxidation sites excluding steroid dienone is 1. The summed E-state index contributed by atoms with van der Waals surface area (Å²) in [5.41, 5.74) is 2.00. The van der Waals surface area contributed by atoms with E-state index in [9.17, 15) is 0 Å². The third kappa shape index (κ3) is 1.93. The number of hydrogen-bond donors (Lipinski definition) is 0. The summed E-state index contributed by atoms with van der Waals surface area (Å²) in [6.45, 7) is 1.94. The first-order valence-electron chi connectivity index (χ1n) is 4.44. The molecule has 0 saturated heterocycles. The maximum absolute atomic E-state index is 5.20. The number of oxazole rings is 1. The summed E-state index contributed by atoms with van der Waals surface area (Å²) in [5.74, 6) is 0.907. The van der Waals surface area contributed by atoms with E-state index in [0.29, 0.717) is 0 Å². The van der Waals surface area contributed by atoms with Gasteiger partial charge >= 0.3 is 0 Å². The number of aromatic nitrogens is 1. The van der Waals surface area contributed by atoms with Crippen molar-refractivity contribution in [2.24, 2.45) is 0 Å². The number of rotatable bonds is 3. The summed E-state index contributed by atoms with van der Waals surface area (Å²) in [6.07, 6.45) is 9.60. The van der Waals surface area contributed by atoms with E-state index in [-0.39, 0.29) is 0 Å². The van der Waals surface area contributed by atoms with Gasteiger partial charge in [0.1, 0.15) is 5.76 Å². The molecule has 0 spiro atoms. The standard InChI is InChI=1S/C11H11NO2/c1-9-11(14-8-12-9)4-2-3-10-5-6-13-7-10/h2-3,5-8H,4H2,1H3. The van der Waals surface area contributed by atoms with Gasteiger partial charge in [0.05, 0.1) is 18.2 Å². The van der Waals surface area contributed by atoms with Gasteiger partial charge in [-0.1, -0.05) is 12.2 Å². The molecule has 0 bridgehead atoms. The zero-order valence-electron chi connectivity index (χ0n) is 7.93. The molecule has 0 N–H and O–H groups in total. The average molecular weight is 189 g/mol. The summed E-state index contributed by atoms with van der Waals surface area (Å²) in [6, 6.07) is 1.91. The van der Waals surface area contributed by atoms with Crippen molar-refractivity contribution in [3.8, 4) is 0 Å². The quantitative estimate of drug-likeness (QED) is 0.745. The van der Waals surface area contributed by atoms with E-state index < -0.39 is 0 Å². The van der Waals surface area contributed by atoms with Gasteiger partial charge in [-0.15, -0.1) is 0 Å². The second-order valence-electron chi connectivity index (χ2n) is 3.02. The van der Waals surface area contributed by atoms with Crippen LogP contribution in [0.15, 0.2) is 39.9 Å². The first-order chi connectivity index (χ1) is 6.86. The minimum Gasteiger partial charge on any atom is -0.472 e. The fourth-order valence-electron chi connectivity index (χ4n) is 1.19. The molecule has 2 heterocycles. The van der Waals surface area contributed by atoms with Crippen LogP contribution in [0.5, 0.6) is 0 Å². The van der Waals surface area contributed by atoms with E-state index in [2.05, 4.69) is 4.98 Å². The van der Waals surface area contributed by atoms with E-state index in [1.807, 2.05) is 25.1 Å². The van der Waals surface area contributed by atoms with Crippen molar-refractivity contribution in [3.05, 3.63) is 48.1 Å². The molecule has 0 amide bonds. The highest BCUT2D eigenvalue weighted by Crippen LogP contribution is 2.08. The van der Waals surface area contributed by atoms with Gasteiger partial charge in [-0.05, 0) is 13.0 Å². The van der Waals surface area contributed by atoms with E-state index in [1.54, 1.807) is 12.5 Å². The lowest BCUT2D eigenvalue weighted by molar-refractivity contribution is 0.515. The van der Waals surface area contributed by atoms with Crippen LogP contribution in [0.3, 0.4) is 0 Å². The average Bonchev–Trinajstić information content (AvgIpc) is 2.78. The molecule has 72 valence electrons. The van der Waals surface area contributed by atoms with Crippen LogP contribution >= 0.6 is 0 Å². The Morgan fingerprint density at radius 3 is 3.07 bits per heavy atom. The number of hydrogen-bond acceptors (Lipinski definition) is 3. The van der Waals surface area contributed by atoms with Crippen LogP contribution in [0, 0.1) is 6.92 Å². The topological polar surface area (TPSA) is 39.2 Å². The van der Waals surface area contributed by atoms with Crippen molar-refractivity contribution in [1.29, 1.82) is 0 Å². The highest BCUT2D eigenvalue weighted by atomic mass is 16.3. The third-order valence-corrected chi connectivity index (χ3v) is 2.00. The van der Waals surface area contributed by atoms with Crippen LogP contribution in [0.1, 0.15) is 17.0 Å². The lowest BCUT2D eigenvalue weighted by atomic mass is 10.2. The fraction of sp³-hybridized carbons (Fsp3) is 0.182. The molecule has 0 radical (unpaired) electrons. The van der Waals surface area contributed by atoms with E-state index in [4.69, 9.17) is 8.83 Å². The maximum atomic E-state index is 5.20. The van der Waals surface area contributed by atoms with Crippen molar-refractivity contribution >= 4 is 6.08 Å². The van der Waals surface area contributed by atoms with Gasteiger partial charge < -0.3 is 8.83 Å². The Hall–Kier alpha value is -1.77. The first kappa shape index (κ1) is 8.81. The second kappa shape index (κ2) is 3.96. The Morgan fingerprint density at radius 1 is 1.50 bits per heavy atom. The summed E-state index contributed by atoms with van der Waals surface area (Å²) in [4.78, 5) is 4.01. The highest BCUT2D eigenvalue weighted by Gasteiger charge is 1.99. The van der Waals surface area contributed by atoms with Gasteiger partial charge in [-0.25, -0.2) is 4.98 Å². The largest absolute Gasteiger partial charge is 0.472 e. The van der Waals surface area contributed by atoms with Crippen LogP contribution < -0.4 is 0 Å². The van der Waals surface area contributed by atoms with Gasteiger partial charge in [-0.2, -0.15) is 0 Å². The van der Waals surface area contributed by atoms with E-state index >= 15 is 0 Å². The predicted molar refractivity (Wildman–Crippen MR) is 52.7 cm³/mol. The summed E-state index contributed by atoms with van der Waals surface area (Å²) in [7, 11) is 0. The van der Waals surface area contributed by atoms with Crippen molar-refractivity contribution in [2.45, 2.75) is 13.3 Å². The van der Waals surface area contributed by atoms with Crippen LogP contribution in [-0.2, 0) is 6.42 Å². The Kier molecular flexibility index (Phi) is 2.49. The smallest absolute Gasteiger partial charge is 0.181 e. The fourth-order valence-corrected chi connectivity index (χ4v) is 1.19.